The summed E-state index contributed by atoms with van der Waals surface area (Å²) in [5, 5.41) is 3.54. The van der Waals surface area contributed by atoms with Crippen LogP contribution in [0.25, 0.3) is 0 Å². The minimum atomic E-state index is 0.538. The number of hydrogen-bond acceptors (Lipinski definition) is 2. The van der Waals surface area contributed by atoms with Crippen LogP contribution in [-0.4, -0.2) is 6.54 Å². The Morgan fingerprint density at radius 3 is 2.69 bits per heavy atom. The normalized spacial score (nSPS) is 13.2. The molecule has 1 aromatic heterocycles. The highest BCUT2D eigenvalue weighted by atomic mass is 79.9. The van der Waals surface area contributed by atoms with Crippen molar-refractivity contribution < 1.29 is 0 Å². The predicted molar refractivity (Wildman–Crippen MR) is 63.3 cm³/mol. The largest absolute Gasteiger partial charge is 0.309 e. The fourth-order valence-electron chi connectivity index (χ4n) is 1.28. The number of halogens is 1. The summed E-state index contributed by atoms with van der Waals surface area (Å²) in [7, 11) is 0. The minimum Gasteiger partial charge on any atom is -0.309 e. The zero-order chi connectivity index (χ0) is 9.68. The standard InChI is InChI=1S/C10H16BrNS/c1-3-7-12-8(4-2)9-5-6-10(11)13-9/h5-6,8,12H,3-4,7H2,1-2H3. The Kier molecular flexibility index (Phi) is 4.99. The number of nitrogens with one attached hydrogen (secondary N) is 1. The maximum absolute atomic E-state index is 3.54. The third-order valence-electron chi connectivity index (χ3n) is 1.99. The third kappa shape index (κ3) is 3.41. The summed E-state index contributed by atoms with van der Waals surface area (Å²) in [5.41, 5.74) is 0. The van der Waals surface area contributed by atoms with Crippen LogP contribution in [0.2, 0.25) is 0 Å². The molecule has 1 rings (SSSR count). The molecule has 0 aliphatic rings. The SMILES string of the molecule is CCCNC(CC)c1ccc(Br)s1. The van der Waals surface area contributed by atoms with Crippen LogP contribution in [0.1, 0.15) is 37.6 Å². The van der Waals surface area contributed by atoms with Gasteiger partial charge < -0.3 is 5.32 Å². The average molecular weight is 262 g/mol. The topological polar surface area (TPSA) is 12.0 Å². The molecule has 1 N–H and O–H groups in total. The molecule has 3 heteroatoms. The van der Waals surface area contributed by atoms with Gasteiger partial charge in [0.25, 0.3) is 0 Å². The zero-order valence-corrected chi connectivity index (χ0v) is 10.5. The van der Waals surface area contributed by atoms with Gasteiger partial charge in [0.1, 0.15) is 0 Å². The van der Waals surface area contributed by atoms with Gasteiger partial charge in [-0.1, -0.05) is 13.8 Å². The smallest absolute Gasteiger partial charge is 0.0701 e. The van der Waals surface area contributed by atoms with E-state index < -0.39 is 0 Å². The lowest BCUT2D eigenvalue weighted by molar-refractivity contribution is 0.525. The van der Waals surface area contributed by atoms with Crippen molar-refractivity contribution in [2.24, 2.45) is 0 Å². The third-order valence-corrected chi connectivity index (χ3v) is 3.72. The lowest BCUT2D eigenvalue weighted by Crippen LogP contribution is -2.20. The Morgan fingerprint density at radius 1 is 1.46 bits per heavy atom. The maximum atomic E-state index is 3.54. The van der Waals surface area contributed by atoms with Gasteiger partial charge in [-0.15, -0.1) is 11.3 Å². The fourth-order valence-corrected chi connectivity index (χ4v) is 2.86. The van der Waals surface area contributed by atoms with Crippen LogP contribution in [0.5, 0.6) is 0 Å². The van der Waals surface area contributed by atoms with E-state index in [2.05, 4.69) is 47.2 Å². The molecular formula is C10H16BrNS. The van der Waals surface area contributed by atoms with Crippen LogP contribution in [0.4, 0.5) is 0 Å². The van der Waals surface area contributed by atoms with Crippen molar-refractivity contribution in [2.45, 2.75) is 32.7 Å². The summed E-state index contributed by atoms with van der Waals surface area (Å²) in [5.74, 6) is 0. The Morgan fingerprint density at radius 2 is 2.23 bits per heavy atom. The van der Waals surface area contributed by atoms with Gasteiger partial charge >= 0.3 is 0 Å². The van der Waals surface area contributed by atoms with Crippen molar-refractivity contribution in [1.29, 1.82) is 0 Å². The molecule has 1 atom stereocenters. The second-order valence-electron chi connectivity index (χ2n) is 3.06. The molecule has 74 valence electrons. The van der Waals surface area contributed by atoms with E-state index in [1.807, 2.05) is 11.3 Å². The molecule has 1 aromatic rings. The molecule has 0 saturated heterocycles. The van der Waals surface area contributed by atoms with Gasteiger partial charge in [0.15, 0.2) is 0 Å². The minimum absolute atomic E-state index is 0.538. The van der Waals surface area contributed by atoms with E-state index in [4.69, 9.17) is 0 Å². The van der Waals surface area contributed by atoms with Gasteiger partial charge in [-0.2, -0.15) is 0 Å². The maximum Gasteiger partial charge on any atom is 0.0701 e. The van der Waals surface area contributed by atoms with Crippen LogP contribution in [0.15, 0.2) is 15.9 Å². The predicted octanol–water partition coefficient (Wildman–Crippen LogP) is 3.96. The van der Waals surface area contributed by atoms with Gasteiger partial charge in [-0.05, 0) is 47.4 Å². The fraction of sp³-hybridized carbons (Fsp3) is 0.600. The van der Waals surface area contributed by atoms with Crippen molar-refractivity contribution in [3.05, 3.63) is 20.8 Å². The van der Waals surface area contributed by atoms with Crippen molar-refractivity contribution in [1.82, 2.24) is 5.32 Å². The van der Waals surface area contributed by atoms with E-state index in [0.717, 1.165) is 13.0 Å². The second kappa shape index (κ2) is 5.78. The van der Waals surface area contributed by atoms with Gasteiger partial charge in [0.2, 0.25) is 0 Å². The quantitative estimate of drug-likeness (QED) is 0.846. The lowest BCUT2D eigenvalue weighted by atomic mass is 10.2. The van der Waals surface area contributed by atoms with Crippen LogP contribution < -0.4 is 5.32 Å². The highest BCUT2D eigenvalue weighted by Gasteiger charge is 2.09. The molecule has 1 heterocycles. The van der Waals surface area contributed by atoms with Crippen molar-refractivity contribution >= 4 is 27.3 Å². The van der Waals surface area contributed by atoms with Gasteiger partial charge in [-0.3, -0.25) is 0 Å². The molecule has 0 aliphatic heterocycles. The number of hydrogen-bond donors (Lipinski definition) is 1. The molecule has 1 unspecified atom stereocenters. The first-order valence-corrected chi connectivity index (χ1v) is 6.37. The van der Waals surface area contributed by atoms with Gasteiger partial charge in [0, 0.05) is 10.9 Å². The molecule has 0 aliphatic carbocycles. The number of thiophene rings is 1. The van der Waals surface area contributed by atoms with Crippen molar-refractivity contribution in [3.8, 4) is 0 Å². The van der Waals surface area contributed by atoms with E-state index in [9.17, 15) is 0 Å². The lowest BCUT2D eigenvalue weighted by Gasteiger charge is -2.14. The first-order valence-electron chi connectivity index (χ1n) is 4.76. The van der Waals surface area contributed by atoms with Gasteiger partial charge in [-0.25, -0.2) is 0 Å². The molecule has 0 saturated carbocycles. The Bertz CT molecular complexity index is 247. The molecular weight excluding hydrogens is 246 g/mol. The highest BCUT2D eigenvalue weighted by Crippen LogP contribution is 2.28. The monoisotopic (exact) mass is 261 g/mol. The Balaban J connectivity index is 2.56. The van der Waals surface area contributed by atoms with E-state index >= 15 is 0 Å². The van der Waals surface area contributed by atoms with Crippen LogP contribution in [0.3, 0.4) is 0 Å². The average Bonchev–Trinajstić information content (AvgIpc) is 2.54. The summed E-state index contributed by atoms with van der Waals surface area (Å²) >= 11 is 5.31. The Labute approximate surface area is 92.7 Å². The summed E-state index contributed by atoms with van der Waals surface area (Å²) in [4.78, 5) is 1.43. The molecule has 0 amide bonds. The summed E-state index contributed by atoms with van der Waals surface area (Å²) < 4.78 is 1.22. The van der Waals surface area contributed by atoms with E-state index in [0.29, 0.717) is 6.04 Å². The van der Waals surface area contributed by atoms with Crippen molar-refractivity contribution in [2.75, 3.05) is 6.54 Å². The zero-order valence-electron chi connectivity index (χ0n) is 8.14. The molecule has 1 nitrogen and oxygen atoms in total. The van der Waals surface area contributed by atoms with E-state index in [1.54, 1.807) is 0 Å². The summed E-state index contributed by atoms with van der Waals surface area (Å²) in [6.07, 6.45) is 2.36. The van der Waals surface area contributed by atoms with E-state index in [1.165, 1.54) is 15.1 Å². The van der Waals surface area contributed by atoms with Gasteiger partial charge in [0.05, 0.1) is 3.79 Å². The summed E-state index contributed by atoms with van der Waals surface area (Å²) in [6, 6.07) is 4.86. The summed E-state index contributed by atoms with van der Waals surface area (Å²) in [6.45, 7) is 5.53. The molecule has 0 spiro atoms. The van der Waals surface area contributed by atoms with Crippen molar-refractivity contribution in [3.63, 3.8) is 0 Å². The molecule has 0 fully saturated rings. The first-order chi connectivity index (χ1) is 6.27. The van der Waals surface area contributed by atoms with Crippen LogP contribution in [0, 0.1) is 0 Å². The molecule has 0 radical (unpaired) electrons. The highest BCUT2D eigenvalue weighted by molar-refractivity contribution is 9.11. The molecule has 13 heavy (non-hydrogen) atoms. The molecule has 0 bridgehead atoms. The first kappa shape index (κ1) is 11.2. The van der Waals surface area contributed by atoms with Crippen LogP contribution >= 0.6 is 27.3 Å². The van der Waals surface area contributed by atoms with Crippen LogP contribution in [-0.2, 0) is 0 Å². The van der Waals surface area contributed by atoms with E-state index in [-0.39, 0.29) is 0 Å². The Hall–Kier alpha value is 0.140. The molecule has 0 aromatic carbocycles. The second-order valence-corrected chi connectivity index (χ2v) is 5.55. The number of rotatable bonds is 5.